The predicted molar refractivity (Wildman–Crippen MR) is 97.6 cm³/mol. The van der Waals surface area contributed by atoms with Crippen LogP contribution in [0.1, 0.15) is 39.0 Å². The van der Waals surface area contributed by atoms with Crippen molar-refractivity contribution in [2.45, 2.75) is 45.1 Å². The molecular weight excluding hydrogens is 352 g/mol. The van der Waals surface area contributed by atoms with Gasteiger partial charge in [0.2, 0.25) is 0 Å². The van der Waals surface area contributed by atoms with E-state index in [0.717, 1.165) is 25.7 Å². The molecule has 0 aliphatic heterocycles. The lowest BCUT2D eigenvalue weighted by atomic mass is 9.96. The van der Waals surface area contributed by atoms with E-state index in [0.29, 0.717) is 18.1 Å². The van der Waals surface area contributed by atoms with Gasteiger partial charge in [0.05, 0.1) is 6.61 Å². The fourth-order valence-corrected chi connectivity index (χ4v) is 2.76. The third-order valence-electron chi connectivity index (χ3n) is 4.05. The molecule has 0 aromatic heterocycles. The molecule has 1 aliphatic rings. The van der Waals surface area contributed by atoms with Gasteiger partial charge in [-0.15, -0.1) is 0 Å². The molecule has 148 valence electrons. The molecule has 1 saturated carbocycles. The molecule has 2 N–H and O–H groups in total. The Morgan fingerprint density at radius 2 is 1.59 bits per heavy atom. The van der Waals surface area contributed by atoms with Gasteiger partial charge in [-0.05, 0) is 44.0 Å². The Morgan fingerprint density at radius 1 is 0.963 bits per heavy atom. The minimum atomic E-state index is -0.702. The van der Waals surface area contributed by atoms with Crippen molar-refractivity contribution in [2.24, 2.45) is 0 Å². The molecule has 0 heterocycles. The van der Waals surface area contributed by atoms with Crippen LogP contribution >= 0.6 is 0 Å². The van der Waals surface area contributed by atoms with Gasteiger partial charge in [0, 0.05) is 6.04 Å². The fourth-order valence-electron chi connectivity index (χ4n) is 2.76. The molecule has 1 aromatic rings. The van der Waals surface area contributed by atoms with Crippen LogP contribution in [0.15, 0.2) is 24.3 Å². The van der Waals surface area contributed by atoms with Crippen LogP contribution in [0.2, 0.25) is 0 Å². The summed E-state index contributed by atoms with van der Waals surface area (Å²) in [4.78, 5) is 35.0. The number of urea groups is 1. The first-order valence-electron chi connectivity index (χ1n) is 9.18. The zero-order valence-electron chi connectivity index (χ0n) is 15.5. The van der Waals surface area contributed by atoms with Gasteiger partial charge >= 0.3 is 12.0 Å². The quantitative estimate of drug-likeness (QED) is 0.672. The molecule has 8 nitrogen and oxygen atoms in total. The number of carbonyl (C=O) groups excluding carboxylic acids is 3. The largest absolute Gasteiger partial charge is 0.494 e. The van der Waals surface area contributed by atoms with Crippen LogP contribution < -0.4 is 20.1 Å². The monoisotopic (exact) mass is 378 g/mol. The van der Waals surface area contributed by atoms with Gasteiger partial charge < -0.3 is 19.5 Å². The zero-order chi connectivity index (χ0) is 19.5. The lowest BCUT2D eigenvalue weighted by molar-refractivity contribution is -0.150. The first kappa shape index (κ1) is 20.5. The molecule has 0 spiro atoms. The number of hydrogen-bond donors (Lipinski definition) is 2. The summed E-state index contributed by atoms with van der Waals surface area (Å²) in [6.45, 7) is 1.57. The lowest BCUT2D eigenvalue weighted by Crippen LogP contribution is -2.46. The number of rotatable bonds is 8. The van der Waals surface area contributed by atoms with Crippen LogP contribution in [0.3, 0.4) is 0 Å². The van der Waals surface area contributed by atoms with Crippen LogP contribution in [0, 0.1) is 0 Å². The minimum absolute atomic E-state index is 0.0941. The number of nitrogens with one attached hydrogen (secondary N) is 2. The second-order valence-electron chi connectivity index (χ2n) is 6.21. The number of esters is 1. The predicted octanol–water partition coefficient (Wildman–Crippen LogP) is 2.17. The molecule has 27 heavy (non-hydrogen) atoms. The van der Waals surface area contributed by atoms with Crippen molar-refractivity contribution in [3.05, 3.63) is 24.3 Å². The first-order valence-corrected chi connectivity index (χ1v) is 9.18. The number of amides is 3. The zero-order valence-corrected chi connectivity index (χ0v) is 15.5. The number of imide groups is 1. The number of ether oxygens (including phenoxy) is 3. The van der Waals surface area contributed by atoms with E-state index in [2.05, 4.69) is 10.6 Å². The third kappa shape index (κ3) is 7.98. The normalized spacial score (nSPS) is 14.1. The van der Waals surface area contributed by atoms with E-state index >= 15 is 0 Å². The molecule has 0 unspecified atom stereocenters. The Bertz CT molecular complexity index is 626. The van der Waals surface area contributed by atoms with E-state index in [9.17, 15) is 14.4 Å². The summed E-state index contributed by atoms with van der Waals surface area (Å²) in [5, 5.41) is 4.90. The second-order valence-corrected chi connectivity index (χ2v) is 6.21. The topological polar surface area (TPSA) is 103 Å². The highest BCUT2D eigenvalue weighted by Gasteiger charge is 2.17. The molecule has 8 heteroatoms. The minimum Gasteiger partial charge on any atom is -0.494 e. The molecule has 1 aliphatic carbocycles. The van der Waals surface area contributed by atoms with E-state index in [1.54, 1.807) is 24.3 Å². The van der Waals surface area contributed by atoms with Crippen molar-refractivity contribution in [3.63, 3.8) is 0 Å². The number of hydrogen-bond acceptors (Lipinski definition) is 6. The third-order valence-corrected chi connectivity index (χ3v) is 4.05. The van der Waals surface area contributed by atoms with Gasteiger partial charge in [-0.1, -0.05) is 19.3 Å². The standard InChI is InChI=1S/C19H26N2O6/c1-2-25-15-8-10-16(11-9-15)26-13-18(23)27-12-17(22)21-19(24)20-14-6-4-3-5-7-14/h8-11,14H,2-7,12-13H2,1H3,(H2,20,21,22,24). The molecule has 1 aromatic carbocycles. The van der Waals surface area contributed by atoms with Crippen molar-refractivity contribution in [1.82, 2.24) is 10.6 Å². The van der Waals surface area contributed by atoms with Crippen LogP contribution in [-0.4, -0.2) is 43.8 Å². The first-order chi connectivity index (χ1) is 13.1. The highest BCUT2D eigenvalue weighted by molar-refractivity contribution is 5.95. The molecule has 0 atom stereocenters. The SMILES string of the molecule is CCOc1ccc(OCC(=O)OCC(=O)NC(=O)NC2CCCCC2)cc1. The average Bonchev–Trinajstić information content (AvgIpc) is 2.67. The van der Waals surface area contributed by atoms with Gasteiger partial charge in [-0.3, -0.25) is 10.1 Å². The van der Waals surface area contributed by atoms with Gasteiger partial charge in [0.15, 0.2) is 13.2 Å². The van der Waals surface area contributed by atoms with Crippen molar-refractivity contribution >= 4 is 17.9 Å². The Labute approximate surface area is 158 Å². The summed E-state index contributed by atoms with van der Waals surface area (Å²) in [5.74, 6) is -0.202. The van der Waals surface area contributed by atoms with Crippen LogP contribution in [-0.2, 0) is 14.3 Å². The van der Waals surface area contributed by atoms with E-state index in [1.165, 1.54) is 6.42 Å². The van der Waals surface area contributed by atoms with Crippen molar-refractivity contribution in [1.29, 1.82) is 0 Å². The van der Waals surface area contributed by atoms with Gasteiger partial charge in [0.25, 0.3) is 5.91 Å². The lowest BCUT2D eigenvalue weighted by Gasteiger charge is -2.22. The molecule has 1 fully saturated rings. The Hall–Kier alpha value is -2.77. The summed E-state index contributed by atoms with van der Waals surface area (Å²) < 4.78 is 15.4. The molecule has 0 saturated heterocycles. The van der Waals surface area contributed by atoms with Crippen LogP contribution in [0.25, 0.3) is 0 Å². The highest BCUT2D eigenvalue weighted by Crippen LogP contribution is 2.18. The molecular formula is C19H26N2O6. The van der Waals surface area contributed by atoms with Crippen LogP contribution in [0.5, 0.6) is 11.5 Å². The van der Waals surface area contributed by atoms with Gasteiger partial charge in [0.1, 0.15) is 11.5 Å². The Kier molecular flexibility index (Phi) is 8.41. The average molecular weight is 378 g/mol. The summed E-state index contributed by atoms with van der Waals surface area (Å²) >= 11 is 0. The van der Waals surface area contributed by atoms with Crippen LogP contribution in [0.4, 0.5) is 4.79 Å². The number of carbonyl (C=O) groups is 3. The summed E-state index contributed by atoms with van der Waals surface area (Å²) in [5.41, 5.74) is 0. The van der Waals surface area contributed by atoms with Gasteiger partial charge in [-0.2, -0.15) is 0 Å². The molecule has 3 amide bonds. The van der Waals surface area contributed by atoms with Gasteiger partial charge in [-0.25, -0.2) is 9.59 Å². The van der Waals surface area contributed by atoms with Crippen molar-refractivity contribution in [3.8, 4) is 11.5 Å². The number of benzene rings is 1. The molecule has 2 rings (SSSR count). The Morgan fingerprint density at radius 3 is 2.22 bits per heavy atom. The van der Waals surface area contributed by atoms with Crippen molar-refractivity contribution in [2.75, 3.05) is 19.8 Å². The summed E-state index contributed by atoms with van der Waals surface area (Å²) in [7, 11) is 0. The Balaban J connectivity index is 1.61. The summed E-state index contributed by atoms with van der Waals surface area (Å²) in [6, 6.07) is 6.32. The van der Waals surface area contributed by atoms with E-state index in [1.807, 2.05) is 6.92 Å². The summed E-state index contributed by atoms with van der Waals surface area (Å²) in [6.07, 6.45) is 5.15. The van der Waals surface area contributed by atoms with E-state index in [-0.39, 0.29) is 12.6 Å². The molecule has 0 radical (unpaired) electrons. The molecule has 0 bridgehead atoms. The fraction of sp³-hybridized carbons (Fsp3) is 0.526. The van der Waals surface area contributed by atoms with E-state index < -0.39 is 24.5 Å². The second kappa shape index (κ2) is 11.1. The maximum Gasteiger partial charge on any atom is 0.344 e. The maximum absolute atomic E-state index is 11.7. The van der Waals surface area contributed by atoms with E-state index in [4.69, 9.17) is 14.2 Å². The maximum atomic E-state index is 11.7. The smallest absolute Gasteiger partial charge is 0.344 e. The highest BCUT2D eigenvalue weighted by atomic mass is 16.6. The van der Waals surface area contributed by atoms with Crippen molar-refractivity contribution < 1.29 is 28.6 Å².